The van der Waals surface area contributed by atoms with Gasteiger partial charge in [0.2, 0.25) is 18.2 Å². The molecule has 18 nitrogen and oxygen atoms in total. The topological polar surface area (TPSA) is 207 Å². The number of methoxy groups -OCH3 is 1. The summed E-state index contributed by atoms with van der Waals surface area (Å²) < 4.78 is 84.7. The van der Waals surface area contributed by atoms with Crippen molar-refractivity contribution in [2.45, 2.75) is 299 Å². The first-order valence-electron chi connectivity index (χ1n) is 48.9. The Morgan fingerprint density at radius 3 is 1.80 bits per heavy atom. The van der Waals surface area contributed by atoms with Crippen molar-refractivity contribution in [1.29, 1.82) is 0 Å². The molecule has 0 bridgehead atoms. The molecule has 0 spiro atoms. The molecule has 1 saturated heterocycles. The van der Waals surface area contributed by atoms with Crippen molar-refractivity contribution >= 4 is 56.5 Å². The summed E-state index contributed by atoms with van der Waals surface area (Å²) in [5, 5.41) is 19.8. The smallest absolute Gasteiger partial charge is 0.236 e. The fourth-order valence-electron chi connectivity index (χ4n) is 16.0. The van der Waals surface area contributed by atoms with E-state index in [1.54, 1.807) is 51.3 Å². The number of sulfone groups is 1. The number of fused-ring (bicyclic) bond motifs is 1. The number of aliphatic hydroxyl groups excluding tert-OH is 1. The molecule has 744 valence electrons. The van der Waals surface area contributed by atoms with Crippen LogP contribution in [0, 0.1) is 31.0 Å². The van der Waals surface area contributed by atoms with Gasteiger partial charge in [-0.3, -0.25) is 19.3 Å². The number of para-hydroxylation sites is 1. The molecule has 9 aromatic carbocycles. The number of piperidine rings is 1. The number of benzene rings is 9. The van der Waals surface area contributed by atoms with Gasteiger partial charge in [0.15, 0.2) is 27.1 Å². The van der Waals surface area contributed by atoms with E-state index in [1.807, 2.05) is 193 Å². The number of nitrogens with zero attached hydrogens (tertiary/aromatic N) is 3. The van der Waals surface area contributed by atoms with E-state index in [0.29, 0.717) is 114 Å². The normalized spacial score (nSPS) is 16.5. The molecule has 136 heavy (non-hydrogen) atoms. The Labute approximate surface area is 823 Å². The van der Waals surface area contributed by atoms with Crippen molar-refractivity contribution in [3.05, 3.63) is 285 Å². The molecule has 13 rings (SSSR count). The van der Waals surface area contributed by atoms with Crippen LogP contribution in [0.25, 0.3) is 0 Å². The van der Waals surface area contributed by atoms with Crippen molar-refractivity contribution in [2.24, 2.45) is 11.3 Å². The van der Waals surface area contributed by atoms with Gasteiger partial charge < -0.3 is 59.3 Å². The number of thioether (sulfide) groups is 1. The summed E-state index contributed by atoms with van der Waals surface area (Å²) in [7, 11) is -1.68. The van der Waals surface area contributed by atoms with E-state index < -0.39 is 32.8 Å². The molecule has 23 heteroatoms. The lowest BCUT2D eigenvalue weighted by molar-refractivity contribution is -0.134. The molecule has 0 radical (unpaired) electrons. The number of aliphatic hydroxyl groups is 1. The fraction of sp³-hybridized carbons (Fsp3) is 0.496. The molecular weight excluding hydrogens is 1770 g/mol. The van der Waals surface area contributed by atoms with Crippen LogP contribution in [-0.2, 0) is 43.9 Å². The van der Waals surface area contributed by atoms with Gasteiger partial charge in [0.25, 0.3) is 0 Å². The van der Waals surface area contributed by atoms with E-state index in [9.17, 15) is 36.7 Å². The second kappa shape index (κ2) is 58.6. The second-order valence-corrected chi connectivity index (χ2v) is 42.9. The maximum Gasteiger partial charge on any atom is 0.236 e. The van der Waals surface area contributed by atoms with Crippen molar-refractivity contribution < 1.29 is 65.1 Å². The van der Waals surface area contributed by atoms with Crippen LogP contribution in [0.3, 0.4) is 0 Å². The summed E-state index contributed by atoms with van der Waals surface area (Å²) in [6.45, 7) is 46.5. The van der Waals surface area contributed by atoms with Gasteiger partial charge in [-0.15, -0.1) is 0 Å². The summed E-state index contributed by atoms with van der Waals surface area (Å²) in [6.07, 6.45) is 9.70. The van der Waals surface area contributed by atoms with E-state index in [2.05, 4.69) is 143 Å². The zero-order chi connectivity index (χ0) is 99.6. The number of ketones is 1. The first kappa shape index (κ1) is 114. The average molecular weight is 1930 g/mol. The number of carbonyl (C=O) groups excluding carboxylic acids is 3. The highest BCUT2D eigenvalue weighted by Crippen LogP contribution is 2.41. The highest BCUT2D eigenvalue weighted by Gasteiger charge is 2.36. The Bertz CT molecular complexity index is 5020. The first-order valence-corrected chi connectivity index (χ1v) is 51.9. The highest BCUT2D eigenvalue weighted by atomic mass is 35.5. The number of hydrogen-bond donors (Lipinski definition) is 4. The van der Waals surface area contributed by atoms with E-state index in [1.165, 1.54) is 61.6 Å². The Balaban J connectivity index is 0.000000218. The van der Waals surface area contributed by atoms with Gasteiger partial charge in [-0.2, -0.15) is 11.8 Å². The molecule has 3 fully saturated rings. The third-order valence-corrected chi connectivity index (χ3v) is 27.5. The fourth-order valence-corrected chi connectivity index (χ4v) is 19.0. The van der Waals surface area contributed by atoms with Gasteiger partial charge in [-0.1, -0.05) is 224 Å². The minimum Gasteiger partial charge on any atom is -0.497 e. The number of aryl methyl sites for hydroxylation is 2. The summed E-state index contributed by atoms with van der Waals surface area (Å²) in [6, 6.07) is 70.9. The standard InChI is InChI=1S/C20H30FNO3.C20H25NO2.C17H19FO2S.C17H18O2.C15H22N2O.C13H20ClNO2.C11H23NS/c1-6-24-18-11-15(7-10-17(18)25-14(2)21)13-22(16-8-9-16)19(23)12-20(3,4)5;1-15(2)21(14-16-7-5-4-6-8-16)19-11-12-23-20-10-9-17(22-3)13-18(19)20;1-12(2)21(19,20)17(14-6-4-13(3)5-7-14)15-8-10-16(18)11-9-15;1-12(2)19-16-10-8-15(9-11-16)17(18)14-6-4-13(3)5-7-14;1-12(2)17-10-6-7-13(11-17)15(18)16-14-8-4-3-5-9-14;1-10(2)15-7-12(16)9-17-8-11-5-3-4-6-13(11)14;1-4-13-11-8-6-5-7-10(11)12-9(2)3/h7,10-11,14,16H,6,8-9,12-13H2,1-5H3;4-10,13,15,19H,11-12,14H2,1-3H3;4-12,17H,1-3H3;4-12H,1-3H3;3-5,8-9,12-13H,6-7,10-11H2,1-2H3,(H,16,18);3-6,10,12,15-16H,7-9H2,1-2H3;9-12H,4-8H2,1-3H3. The molecule has 7 atom stereocenters. The lowest BCUT2D eigenvalue weighted by atomic mass is 9.91. The van der Waals surface area contributed by atoms with Gasteiger partial charge in [-0.05, 0) is 245 Å². The number of hydrogen-bond acceptors (Lipinski definition) is 17. The maximum atomic E-state index is 13.2. The molecule has 4 aliphatic rings. The van der Waals surface area contributed by atoms with Gasteiger partial charge in [0.05, 0.1) is 56.9 Å². The lowest BCUT2D eigenvalue weighted by Crippen LogP contribution is -2.43. The number of ether oxygens (including phenoxy) is 6. The largest absolute Gasteiger partial charge is 0.497 e. The number of nitrogens with one attached hydrogen (secondary N) is 3. The molecule has 0 aromatic heterocycles. The minimum absolute atomic E-state index is 0.0321. The minimum atomic E-state index is -3.39. The number of amides is 2. The Kier molecular flexibility index (Phi) is 49.1. The molecule has 9 aromatic rings. The van der Waals surface area contributed by atoms with Crippen LogP contribution in [-0.4, -0.2) is 163 Å². The van der Waals surface area contributed by atoms with Gasteiger partial charge >= 0.3 is 0 Å². The monoisotopic (exact) mass is 1930 g/mol. The summed E-state index contributed by atoms with van der Waals surface area (Å²) in [5.41, 5.74) is 10.3. The average Bonchev–Trinajstić information content (AvgIpc) is 0.865. The highest BCUT2D eigenvalue weighted by molar-refractivity contribution is 7.99. The van der Waals surface area contributed by atoms with Crippen LogP contribution in [0.2, 0.25) is 5.02 Å². The SMILES string of the molecule is CC(C)N1CCCC(C(=O)Nc2ccccc2)C1.CC(C)NCC(O)COCc1ccccc1Cl.CCOc1cc(CN(C(=O)CC(C)(C)C)C2CC2)ccc1OC(C)F.CCSC1CCCCC1NC(C)C.COc1ccc2c(c1)C(N(Cc1ccccc1)C(C)C)CCO2.Cc1ccc(C(=O)c2ccc(OC(C)C)cc2)cc1.Cc1ccc(C(c2ccc(F)cc2)S(=O)(=O)C(C)C)cc1. The summed E-state index contributed by atoms with van der Waals surface area (Å²) in [5.74, 6) is 4.97. The van der Waals surface area contributed by atoms with Crippen LogP contribution in [0.4, 0.5) is 14.5 Å². The zero-order valence-electron chi connectivity index (χ0n) is 84.7. The van der Waals surface area contributed by atoms with Crippen LogP contribution in [0.1, 0.15) is 261 Å². The second-order valence-electron chi connectivity index (χ2n) is 38.4. The van der Waals surface area contributed by atoms with E-state index >= 15 is 0 Å². The molecule has 2 saturated carbocycles. The Morgan fingerprint density at radius 2 is 1.24 bits per heavy atom. The number of halogens is 3. The number of anilines is 1. The third-order valence-electron chi connectivity index (χ3n) is 23.3. The van der Waals surface area contributed by atoms with Gasteiger partial charge in [0, 0.05) is 121 Å². The molecule has 4 N–H and O–H groups in total. The molecular formula is C113H157ClF2N6O12S2. The van der Waals surface area contributed by atoms with E-state index in [-0.39, 0.29) is 40.9 Å². The van der Waals surface area contributed by atoms with Crippen molar-refractivity contribution in [3.63, 3.8) is 0 Å². The van der Waals surface area contributed by atoms with Crippen LogP contribution in [0.5, 0.6) is 28.7 Å². The maximum absolute atomic E-state index is 13.2. The summed E-state index contributed by atoms with van der Waals surface area (Å²) >= 11 is 8.13. The zero-order valence-corrected chi connectivity index (χ0v) is 87.1. The molecule has 2 amide bonds. The van der Waals surface area contributed by atoms with Crippen molar-refractivity contribution in [3.8, 4) is 28.7 Å². The first-order chi connectivity index (χ1) is 64.7. The quantitative estimate of drug-likeness (QED) is 0.0273. The molecule has 2 aliphatic carbocycles. The summed E-state index contributed by atoms with van der Waals surface area (Å²) in [4.78, 5) is 44.0. The van der Waals surface area contributed by atoms with Crippen molar-refractivity contribution in [1.82, 2.24) is 25.3 Å². The number of rotatable bonds is 35. The van der Waals surface area contributed by atoms with E-state index in [0.717, 1.165) is 115 Å². The molecule has 2 heterocycles. The van der Waals surface area contributed by atoms with Crippen LogP contribution >= 0.6 is 23.4 Å². The number of alkyl halides is 1. The van der Waals surface area contributed by atoms with Crippen molar-refractivity contribution in [2.75, 3.05) is 57.6 Å². The third kappa shape index (κ3) is 40.3. The Morgan fingerprint density at radius 1 is 0.647 bits per heavy atom. The van der Waals surface area contributed by atoms with E-state index in [4.69, 9.17) is 40.0 Å². The lowest BCUT2D eigenvalue weighted by Gasteiger charge is -2.38. The number of likely N-dealkylation sites (tertiary alicyclic amines) is 1. The Hall–Kier alpha value is -9.20. The molecule has 7 unspecified atom stereocenters. The van der Waals surface area contributed by atoms with Crippen LogP contribution < -0.4 is 39.6 Å². The van der Waals surface area contributed by atoms with Gasteiger partial charge in [-0.25, -0.2) is 17.2 Å². The molecule has 2 aliphatic heterocycles. The van der Waals surface area contributed by atoms with Gasteiger partial charge in [0.1, 0.15) is 28.3 Å². The van der Waals surface area contributed by atoms with Crippen LogP contribution in [0.15, 0.2) is 218 Å². The number of carbonyl (C=O) groups is 3. The predicted octanol–water partition coefficient (Wildman–Crippen LogP) is 25.2. The predicted molar refractivity (Wildman–Crippen MR) is 557 cm³/mol.